The Balaban J connectivity index is 1.26. The Bertz CT molecular complexity index is 1500. The predicted molar refractivity (Wildman–Crippen MR) is 155 cm³/mol. The Hall–Kier alpha value is -2.60. The minimum Gasteiger partial charge on any atom is -0.506 e. The van der Waals surface area contributed by atoms with Crippen molar-refractivity contribution < 1.29 is 9.52 Å². The number of phenols is 1. The van der Waals surface area contributed by atoms with Crippen LogP contribution in [0.5, 0.6) is 5.75 Å². The number of phenolic OH excluding ortho intramolecular Hbond substituents is 1. The fourth-order valence-corrected chi connectivity index (χ4v) is 8.38. The molecule has 0 radical (unpaired) electrons. The summed E-state index contributed by atoms with van der Waals surface area (Å²) in [6, 6.07) is 12.8. The molecule has 1 aliphatic carbocycles. The Morgan fingerprint density at radius 3 is 2.79 bits per heavy atom. The lowest BCUT2D eigenvalue weighted by Crippen LogP contribution is -2.59. The van der Waals surface area contributed by atoms with Crippen molar-refractivity contribution in [3.05, 3.63) is 85.7 Å². The van der Waals surface area contributed by atoms with Crippen LogP contribution in [0.15, 0.2) is 57.3 Å². The molecule has 7 rings (SSSR count). The van der Waals surface area contributed by atoms with E-state index in [0.717, 1.165) is 35.5 Å². The Morgan fingerprint density at radius 1 is 1.10 bits per heavy atom. The van der Waals surface area contributed by atoms with Gasteiger partial charge in [-0.25, -0.2) is 4.79 Å². The summed E-state index contributed by atoms with van der Waals surface area (Å²) in [5, 5.41) is 12.3. The Kier molecular flexibility index (Phi) is 6.57. The highest BCUT2D eigenvalue weighted by molar-refractivity contribution is 6.33. The minimum absolute atomic E-state index is 0.0343. The molecule has 3 aromatic rings. The van der Waals surface area contributed by atoms with Crippen LogP contribution >= 0.6 is 11.6 Å². The number of halogens is 1. The lowest BCUT2D eigenvalue weighted by Gasteiger charge is -2.54. The van der Waals surface area contributed by atoms with Gasteiger partial charge in [0, 0.05) is 42.5 Å². The predicted octanol–water partition coefficient (Wildman–Crippen LogP) is 6.45. The molecule has 2 bridgehead atoms. The van der Waals surface area contributed by atoms with Crippen LogP contribution in [0.1, 0.15) is 60.8 Å². The van der Waals surface area contributed by atoms with E-state index < -0.39 is 0 Å². The van der Waals surface area contributed by atoms with Crippen molar-refractivity contribution in [1.82, 2.24) is 9.80 Å². The summed E-state index contributed by atoms with van der Waals surface area (Å²) < 4.78 is 6.02. The van der Waals surface area contributed by atoms with E-state index in [0.29, 0.717) is 52.6 Å². The van der Waals surface area contributed by atoms with E-state index in [-0.39, 0.29) is 11.4 Å². The summed E-state index contributed by atoms with van der Waals surface area (Å²) >= 11 is 6.63. The molecule has 1 aromatic heterocycles. The van der Waals surface area contributed by atoms with Crippen LogP contribution in [0.4, 0.5) is 0 Å². The van der Waals surface area contributed by atoms with Gasteiger partial charge in [0.2, 0.25) is 0 Å². The molecule has 0 spiro atoms. The van der Waals surface area contributed by atoms with Gasteiger partial charge in [0.1, 0.15) is 11.3 Å². The molecular formula is C33H37ClN2O3. The maximum Gasteiger partial charge on any atom is 0.340 e. The number of rotatable bonds is 4. The van der Waals surface area contributed by atoms with Crippen LogP contribution in [0.3, 0.4) is 0 Å². The summed E-state index contributed by atoms with van der Waals surface area (Å²) in [7, 11) is 0. The van der Waals surface area contributed by atoms with Crippen molar-refractivity contribution >= 4 is 22.6 Å². The van der Waals surface area contributed by atoms with Crippen molar-refractivity contribution in [2.45, 2.75) is 70.5 Å². The smallest absolute Gasteiger partial charge is 0.340 e. The number of benzene rings is 2. The molecule has 39 heavy (non-hydrogen) atoms. The third-order valence-electron chi connectivity index (χ3n) is 9.95. The van der Waals surface area contributed by atoms with Crippen LogP contribution < -0.4 is 5.63 Å². The second-order valence-electron chi connectivity index (χ2n) is 12.2. The van der Waals surface area contributed by atoms with E-state index in [1.165, 1.54) is 45.2 Å². The largest absolute Gasteiger partial charge is 0.506 e. The first-order valence-electron chi connectivity index (χ1n) is 14.7. The quantitative estimate of drug-likeness (QED) is 0.302. The van der Waals surface area contributed by atoms with Crippen molar-refractivity contribution in [1.29, 1.82) is 0 Å². The number of nitrogens with zero attached hydrogens (tertiary/aromatic N) is 2. The van der Waals surface area contributed by atoms with E-state index in [2.05, 4.69) is 15.9 Å². The van der Waals surface area contributed by atoms with Crippen LogP contribution in [-0.2, 0) is 13.0 Å². The standard InChI is InChI=1S/C33H37ClN2O3/c1-20-25-17-28(34)31(37)27(32(25)39-33(38)26(20)14-21-8-3-2-4-9-21)19-36-13-7-10-22-15-23-16-24(30(22)36)18-35-12-6-5-11-29(23)35/h2-4,8-9,15,17,23-24,29-30,37H,5-7,10-14,16,18-19H2,1H3. The maximum atomic E-state index is 13.3. The minimum atomic E-state index is -0.338. The number of hydrogen-bond acceptors (Lipinski definition) is 5. The van der Waals surface area contributed by atoms with Gasteiger partial charge in [-0.3, -0.25) is 9.80 Å². The molecule has 4 aliphatic rings. The number of fused-ring (bicyclic) bond motifs is 7. The SMILES string of the molecule is Cc1c(Cc2ccccc2)c(=O)oc2c(CN3CCCC4=CC5CC(CN6CCCCC56)C43)c(O)c(Cl)cc12. The summed E-state index contributed by atoms with van der Waals surface area (Å²) in [6.45, 7) is 5.85. The number of piperidine rings is 3. The fourth-order valence-electron chi connectivity index (χ4n) is 8.16. The molecular weight excluding hydrogens is 508 g/mol. The molecule has 2 aromatic carbocycles. The van der Waals surface area contributed by atoms with Crippen molar-refractivity contribution in [2.75, 3.05) is 19.6 Å². The summed E-state index contributed by atoms with van der Waals surface area (Å²) in [4.78, 5) is 18.6. The summed E-state index contributed by atoms with van der Waals surface area (Å²) in [5.41, 5.74) is 4.93. The number of likely N-dealkylation sites (tertiary alicyclic amines) is 1. The van der Waals surface area contributed by atoms with E-state index in [1.54, 1.807) is 11.6 Å². The van der Waals surface area contributed by atoms with Crippen molar-refractivity contribution in [3.8, 4) is 5.75 Å². The van der Waals surface area contributed by atoms with Gasteiger partial charge in [0.25, 0.3) is 0 Å². The molecule has 204 valence electrons. The highest BCUT2D eigenvalue weighted by atomic mass is 35.5. The zero-order valence-electron chi connectivity index (χ0n) is 22.7. The summed E-state index contributed by atoms with van der Waals surface area (Å²) in [5.74, 6) is 1.31. The second-order valence-corrected chi connectivity index (χ2v) is 12.6. The highest BCUT2D eigenvalue weighted by Gasteiger charge is 2.46. The number of aryl methyl sites for hydroxylation is 1. The van der Waals surface area contributed by atoms with E-state index in [1.807, 2.05) is 37.3 Å². The topological polar surface area (TPSA) is 56.9 Å². The van der Waals surface area contributed by atoms with E-state index >= 15 is 0 Å². The van der Waals surface area contributed by atoms with Crippen LogP contribution in [-0.4, -0.2) is 46.6 Å². The molecule has 5 nitrogen and oxygen atoms in total. The molecule has 1 N–H and O–H groups in total. The molecule has 3 aliphatic heterocycles. The molecule has 4 unspecified atom stereocenters. The van der Waals surface area contributed by atoms with Crippen LogP contribution in [0.2, 0.25) is 5.02 Å². The molecule has 4 heterocycles. The molecule has 4 atom stereocenters. The molecule has 0 saturated carbocycles. The van der Waals surface area contributed by atoms with Crippen molar-refractivity contribution in [3.63, 3.8) is 0 Å². The van der Waals surface area contributed by atoms with Crippen molar-refractivity contribution in [2.24, 2.45) is 11.8 Å². The van der Waals surface area contributed by atoms with E-state index in [9.17, 15) is 9.90 Å². The first kappa shape index (κ1) is 25.4. The lowest BCUT2D eigenvalue weighted by molar-refractivity contribution is -0.00274. The third-order valence-corrected chi connectivity index (χ3v) is 10.2. The Labute approximate surface area is 235 Å². The van der Waals surface area contributed by atoms with Gasteiger partial charge in [-0.2, -0.15) is 0 Å². The first-order valence-corrected chi connectivity index (χ1v) is 15.0. The molecule has 3 saturated heterocycles. The normalized spacial score (nSPS) is 27.2. The van der Waals surface area contributed by atoms with Gasteiger partial charge >= 0.3 is 5.63 Å². The average Bonchev–Trinajstić information content (AvgIpc) is 2.95. The Morgan fingerprint density at radius 2 is 1.95 bits per heavy atom. The monoisotopic (exact) mass is 544 g/mol. The highest BCUT2D eigenvalue weighted by Crippen LogP contribution is 2.46. The van der Waals surface area contributed by atoms with Crippen LogP contribution in [0, 0.1) is 18.8 Å². The summed E-state index contributed by atoms with van der Waals surface area (Å²) in [6.07, 6.45) is 10.7. The lowest BCUT2D eigenvalue weighted by atomic mass is 9.68. The zero-order chi connectivity index (χ0) is 26.7. The number of aromatic hydroxyl groups is 1. The van der Waals surface area contributed by atoms with Gasteiger partial charge < -0.3 is 9.52 Å². The number of hydrogen-bond donors (Lipinski definition) is 1. The molecule has 3 fully saturated rings. The van der Waals surface area contributed by atoms with Gasteiger partial charge in [0.15, 0.2) is 0 Å². The van der Waals surface area contributed by atoms with Gasteiger partial charge in [-0.15, -0.1) is 0 Å². The zero-order valence-corrected chi connectivity index (χ0v) is 23.4. The first-order chi connectivity index (χ1) is 19.0. The average molecular weight is 545 g/mol. The molecule has 0 amide bonds. The van der Waals surface area contributed by atoms with Gasteiger partial charge in [0.05, 0.1) is 10.6 Å². The third kappa shape index (κ3) is 4.43. The fraction of sp³-hybridized carbons (Fsp3) is 0.485. The van der Waals surface area contributed by atoms with Gasteiger partial charge in [-0.1, -0.05) is 60.0 Å². The van der Waals surface area contributed by atoms with Crippen LogP contribution in [0.25, 0.3) is 11.0 Å². The molecule has 6 heteroatoms. The van der Waals surface area contributed by atoms with Gasteiger partial charge in [-0.05, 0) is 81.1 Å². The van der Waals surface area contributed by atoms with E-state index in [4.69, 9.17) is 16.0 Å². The maximum absolute atomic E-state index is 13.3. The second kappa shape index (κ2) is 10.1.